The quantitative estimate of drug-likeness (QED) is 0.0615. The molecular formula is C56H80N8O12S2Si. The van der Waals surface area contributed by atoms with E-state index in [2.05, 4.69) is 20.9 Å². The third-order valence-corrected chi connectivity index (χ3v) is 22.0. The Labute approximate surface area is 467 Å². The monoisotopic (exact) mass is 1150 g/mol. The zero-order valence-electron chi connectivity index (χ0n) is 48.2. The standard InChI is InChI=1S/C56H80N8O12S2Si/c1-54(2,3)74-52(65)57-33-39-29-31-62(32-30-39)47-27-28-48(77(67,68)38-46(76-79(13,14)56(7,8)9)34-58-53(66)75-55(4,5)6)50(49(47)51-59-61-64(60-51)37-42-19-25-45(73-12)26-20-42)78(69,70)63(35-40-15-21-43(71-10)22-16-40)36-41-17-23-44(72-11)24-18-41/h15-28,39,46H,29-38H2,1-14H3,(H,57,65)(H,58,66). The number of amides is 2. The van der Waals surface area contributed by atoms with Crippen LogP contribution in [0.5, 0.6) is 17.2 Å². The molecule has 0 saturated carbocycles. The van der Waals surface area contributed by atoms with Gasteiger partial charge in [0.05, 0.1) is 50.2 Å². The molecule has 0 radical (unpaired) electrons. The first kappa shape index (κ1) is 61.9. The Kier molecular flexibility index (Phi) is 20.0. The topological polar surface area (TPSA) is 232 Å². The van der Waals surface area contributed by atoms with Crippen LogP contribution in [0.25, 0.3) is 11.4 Å². The zero-order valence-corrected chi connectivity index (χ0v) is 50.8. The number of nitrogens with one attached hydrogen (secondary N) is 2. The number of carbonyl (C=O) groups is 2. The van der Waals surface area contributed by atoms with Crippen molar-refractivity contribution in [3.8, 4) is 28.6 Å². The molecule has 1 unspecified atom stereocenters. The molecule has 1 fully saturated rings. The first-order chi connectivity index (χ1) is 36.9. The van der Waals surface area contributed by atoms with Gasteiger partial charge in [0.1, 0.15) is 33.3 Å². The number of ether oxygens (including phenoxy) is 5. The zero-order chi connectivity index (χ0) is 58.1. The smallest absolute Gasteiger partial charge is 0.407 e. The molecule has 1 aliphatic heterocycles. The second-order valence-electron chi connectivity index (χ2n) is 23.2. The molecule has 0 bridgehead atoms. The Hall–Kier alpha value is -6.27. The number of piperidine rings is 1. The second kappa shape index (κ2) is 25.5. The van der Waals surface area contributed by atoms with Crippen molar-refractivity contribution >= 4 is 46.1 Å². The van der Waals surface area contributed by atoms with Gasteiger partial charge in [0, 0.05) is 45.0 Å². The molecule has 1 aromatic heterocycles. The van der Waals surface area contributed by atoms with Gasteiger partial charge in [0.25, 0.3) is 0 Å². The number of sulfonamides is 1. The van der Waals surface area contributed by atoms with Gasteiger partial charge in [0.15, 0.2) is 18.2 Å². The van der Waals surface area contributed by atoms with E-state index in [1.807, 2.05) is 50.9 Å². The SMILES string of the molecule is COc1ccc(CN(Cc2ccc(OC)cc2)S(=O)(=O)c2c(S(=O)(=O)CC(CNC(=O)OC(C)(C)C)O[Si](C)(C)C(C)(C)C)ccc(N3CCC(CNC(=O)OC(C)(C)C)CC3)c2-c2nnn(Cc3ccc(OC)cc3)n2)cc1. The van der Waals surface area contributed by atoms with E-state index in [0.29, 0.717) is 66.5 Å². The van der Waals surface area contributed by atoms with E-state index in [0.717, 1.165) is 5.56 Å². The Bertz CT molecular complexity index is 3030. The molecule has 432 valence electrons. The number of anilines is 1. The summed E-state index contributed by atoms with van der Waals surface area (Å²) in [5.74, 6) is 0.920. The van der Waals surface area contributed by atoms with Gasteiger partial charge in [-0.2, -0.15) is 9.10 Å². The molecule has 23 heteroatoms. The maximum absolute atomic E-state index is 16.5. The third kappa shape index (κ3) is 17.1. The minimum atomic E-state index is -4.97. The molecule has 6 rings (SSSR count). The highest BCUT2D eigenvalue weighted by Crippen LogP contribution is 2.43. The molecule has 5 aromatic rings. The predicted molar refractivity (Wildman–Crippen MR) is 305 cm³/mol. The number of sulfone groups is 1. The van der Waals surface area contributed by atoms with Crippen molar-refractivity contribution in [2.75, 3.05) is 58.2 Å². The molecule has 2 heterocycles. The lowest BCUT2D eigenvalue weighted by Gasteiger charge is -2.39. The molecule has 20 nitrogen and oxygen atoms in total. The molecule has 1 atom stereocenters. The van der Waals surface area contributed by atoms with Crippen molar-refractivity contribution in [1.29, 1.82) is 0 Å². The summed E-state index contributed by atoms with van der Waals surface area (Å²) in [7, 11) is -7.86. The van der Waals surface area contributed by atoms with Crippen LogP contribution in [0.4, 0.5) is 15.3 Å². The number of carbonyl (C=O) groups excluding carboxylic acids is 2. The van der Waals surface area contributed by atoms with Crippen LogP contribution in [0, 0.1) is 5.92 Å². The number of hydrogen-bond donors (Lipinski definition) is 2. The lowest BCUT2D eigenvalue weighted by atomic mass is 9.95. The molecule has 79 heavy (non-hydrogen) atoms. The van der Waals surface area contributed by atoms with Crippen LogP contribution in [0.15, 0.2) is 94.7 Å². The normalized spacial score (nSPS) is 14.4. The number of nitrogens with zero attached hydrogens (tertiary/aromatic N) is 6. The molecule has 1 aliphatic rings. The average molecular weight is 1150 g/mol. The Morgan fingerprint density at radius 1 is 0.696 bits per heavy atom. The highest BCUT2D eigenvalue weighted by molar-refractivity contribution is 7.93. The van der Waals surface area contributed by atoms with Crippen molar-refractivity contribution in [1.82, 2.24) is 35.1 Å². The van der Waals surface area contributed by atoms with Gasteiger partial charge in [-0.1, -0.05) is 57.2 Å². The summed E-state index contributed by atoms with van der Waals surface area (Å²) < 4.78 is 99.9. The largest absolute Gasteiger partial charge is 0.497 e. The van der Waals surface area contributed by atoms with Crippen molar-refractivity contribution < 1.29 is 54.5 Å². The van der Waals surface area contributed by atoms with E-state index >= 15 is 16.8 Å². The van der Waals surface area contributed by atoms with Crippen LogP contribution in [0.3, 0.4) is 0 Å². The fourth-order valence-corrected chi connectivity index (χ4v) is 13.9. The summed E-state index contributed by atoms with van der Waals surface area (Å²) in [6, 6.07) is 24.1. The summed E-state index contributed by atoms with van der Waals surface area (Å²) >= 11 is 0. The second-order valence-corrected chi connectivity index (χ2v) is 31.9. The minimum absolute atomic E-state index is 0.0372. The molecule has 1 saturated heterocycles. The van der Waals surface area contributed by atoms with Crippen molar-refractivity contribution in [3.05, 3.63) is 102 Å². The van der Waals surface area contributed by atoms with Gasteiger partial charge in [-0.3, -0.25) is 0 Å². The third-order valence-electron chi connectivity index (χ3n) is 13.7. The maximum Gasteiger partial charge on any atom is 0.407 e. The van der Waals surface area contributed by atoms with E-state index in [9.17, 15) is 9.59 Å². The average Bonchev–Trinajstić information content (AvgIpc) is 3.92. The fourth-order valence-electron chi connectivity index (χ4n) is 8.56. The molecular weight excluding hydrogens is 1070 g/mol. The molecule has 0 spiro atoms. The summed E-state index contributed by atoms with van der Waals surface area (Å²) in [5.41, 5.74) is 0.705. The fraction of sp³-hybridized carbons (Fsp3) is 0.518. The number of benzene rings is 4. The number of rotatable bonds is 22. The van der Waals surface area contributed by atoms with Crippen molar-refractivity contribution in [2.45, 2.75) is 140 Å². The van der Waals surface area contributed by atoms with E-state index in [4.69, 9.17) is 33.2 Å². The molecule has 2 N–H and O–H groups in total. The molecule has 4 aromatic carbocycles. The van der Waals surface area contributed by atoms with E-state index < -0.39 is 78.3 Å². The van der Waals surface area contributed by atoms with Gasteiger partial charge >= 0.3 is 12.2 Å². The van der Waals surface area contributed by atoms with Gasteiger partial charge in [0.2, 0.25) is 15.8 Å². The Morgan fingerprint density at radius 2 is 1.18 bits per heavy atom. The summed E-state index contributed by atoms with van der Waals surface area (Å²) in [4.78, 5) is 28.1. The van der Waals surface area contributed by atoms with Gasteiger partial charge in [-0.25, -0.2) is 26.4 Å². The number of tetrazole rings is 1. The maximum atomic E-state index is 16.5. The van der Waals surface area contributed by atoms with Gasteiger partial charge < -0.3 is 43.6 Å². The number of methoxy groups -OCH3 is 3. The summed E-state index contributed by atoms with van der Waals surface area (Å²) in [6.07, 6.45) is -1.31. The van der Waals surface area contributed by atoms with E-state index in [1.165, 1.54) is 29.4 Å². The van der Waals surface area contributed by atoms with Gasteiger partial charge in [-0.05, 0) is 149 Å². The lowest BCUT2D eigenvalue weighted by Crippen LogP contribution is -2.49. The molecule has 2 amide bonds. The summed E-state index contributed by atoms with van der Waals surface area (Å²) in [6.45, 7) is 21.1. The van der Waals surface area contributed by atoms with Crippen molar-refractivity contribution in [2.24, 2.45) is 5.92 Å². The Morgan fingerprint density at radius 3 is 1.65 bits per heavy atom. The summed E-state index contributed by atoms with van der Waals surface area (Å²) in [5, 5.41) is 19.0. The molecule has 0 aliphatic carbocycles. The van der Waals surface area contributed by atoms with Crippen LogP contribution < -0.4 is 29.7 Å². The first-order valence-corrected chi connectivity index (χ1v) is 32.3. The Balaban J connectivity index is 1.58. The van der Waals surface area contributed by atoms with Crippen LogP contribution in [0.1, 0.15) is 91.8 Å². The van der Waals surface area contributed by atoms with Gasteiger partial charge in [-0.15, -0.1) is 10.2 Å². The first-order valence-electron chi connectivity index (χ1n) is 26.3. The number of hydrogen-bond acceptors (Lipinski definition) is 16. The minimum Gasteiger partial charge on any atom is -0.497 e. The number of aromatic nitrogens is 4. The highest BCUT2D eigenvalue weighted by atomic mass is 32.2. The van der Waals surface area contributed by atoms with Crippen LogP contribution in [-0.4, -0.2) is 132 Å². The van der Waals surface area contributed by atoms with Crippen LogP contribution >= 0.6 is 0 Å². The predicted octanol–water partition coefficient (Wildman–Crippen LogP) is 9.24. The lowest BCUT2D eigenvalue weighted by molar-refractivity contribution is 0.0496. The van der Waals surface area contributed by atoms with Crippen molar-refractivity contribution in [3.63, 3.8) is 0 Å². The highest BCUT2D eigenvalue weighted by Gasteiger charge is 2.43. The van der Waals surface area contributed by atoms with E-state index in [1.54, 1.807) is 115 Å². The van der Waals surface area contributed by atoms with Crippen LogP contribution in [0.2, 0.25) is 18.1 Å². The van der Waals surface area contributed by atoms with E-state index in [-0.39, 0.29) is 43.5 Å². The number of alkyl carbamates (subject to hydrolysis) is 2. The van der Waals surface area contributed by atoms with Crippen LogP contribution in [-0.2, 0) is 53.4 Å².